The van der Waals surface area contributed by atoms with Crippen molar-refractivity contribution < 1.29 is 43.6 Å². The van der Waals surface area contributed by atoms with Crippen LogP contribution in [0.4, 0.5) is 4.79 Å². The summed E-state index contributed by atoms with van der Waals surface area (Å²) in [6.45, 7) is 4.67. The number of unbranched alkanes of at least 4 members (excludes halogenated alkanes) is 2. The van der Waals surface area contributed by atoms with Gasteiger partial charge in [0.1, 0.15) is 42.8 Å². The van der Waals surface area contributed by atoms with Crippen LogP contribution in [-0.2, 0) is 27.5 Å². The van der Waals surface area contributed by atoms with E-state index in [0.29, 0.717) is 41.4 Å². The molecule has 1 saturated carbocycles. The quantitative estimate of drug-likeness (QED) is 0.0228. The van der Waals surface area contributed by atoms with E-state index >= 15 is 0 Å². The molecule has 0 bridgehead atoms. The van der Waals surface area contributed by atoms with Gasteiger partial charge in [-0.15, -0.1) is 18.2 Å². The first-order valence-corrected chi connectivity index (χ1v) is 23.9. The summed E-state index contributed by atoms with van der Waals surface area (Å²) in [6, 6.07) is 35.9. The lowest BCUT2D eigenvalue weighted by atomic mass is 9.55. The molecule has 3 aliphatic rings. The summed E-state index contributed by atoms with van der Waals surface area (Å²) >= 11 is 6.18. The number of amides is 1. The zero-order valence-corrected chi connectivity index (χ0v) is 38.5. The Bertz CT molecular complexity index is 2540. The Morgan fingerprint density at radius 1 is 0.896 bits per heavy atom. The molecule has 8 rings (SSSR count). The van der Waals surface area contributed by atoms with E-state index in [1.165, 1.54) is 0 Å². The van der Waals surface area contributed by atoms with Crippen molar-refractivity contribution in [1.29, 1.82) is 0 Å². The number of hydrogen-bond acceptors (Lipinski definition) is 10. The van der Waals surface area contributed by atoms with Crippen molar-refractivity contribution in [3.05, 3.63) is 162 Å². The highest BCUT2D eigenvalue weighted by Crippen LogP contribution is 2.62. The Morgan fingerprint density at radius 3 is 2.45 bits per heavy atom. The topological polar surface area (TPSA) is 136 Å². The molecule has 5 aromatic rings. The highest BCUT2D eigenvalue weighted by atomic mass is 35.5. The molecule has 67 heavy (non-hydrogen) atoms. The summed E-state index contributed by atoms with van der Waals surface area (Å²) in [4.78, 5) is 34.6. The number of halogens is 1. The number of carbonyl (C=O) groups is 2. The number of aldehydes is 1. The number of carbonyl (C=O) groups excluding carboxylic acids is 2. The molecule has 0 aromatic heterocycles. The van der Waals surface area contributed by atoms with Gasteiger partial charge in [0.25, 0.3) is 0 Å². The van der Waals surface area contributed by atoms with Gasteiger partial charge in [0.15, 0.2) is 0 Å². The van der Waals surface area contributed by atoms with E-state index in [1.54, 1.807) is 29.2 Å². The van der Waals surface area contributed by atoms with Crippen molar-refractivity contribution in [2.45, 2.75) is 75.8 Å². The molecule has 1 aliphatic heterocycles. The molecule has 1 heterocycles. The Hall–Kier alpha value is -5.98. The van der Waals surface area contributed by atoms with Gasteiger partial charge < -0.3 is 34.0 Å². The third kappa shape index (κ3) is 10.6. The second kappa shape index (κ2) is 22.7. The standard InChI is InChI=1S/C55H59ClN2O9/c1-2-29-64-55-51(58(54(62)63-30-26-56)35-42-20-13-19-40-17-6-7-22-45(40)42)34-49(57-65-37-38-14-4-3-5-15-38)47-32-41(18-8-10-27-59)46(23-9-11-28-60)52(53(47)55)48-33-44(24-25-50(48)67-55)66-43-21-12-16-39(31-43)36-61/h2-7,12-17,19-22,24-25,31-33,36,41,46,51-53,59-60H,1,8-11,18,23,26-30,34-35,37H2. The van der Waals surface area contributed by atoms with Crippen molar-refractivity contribution in [3.63, 3.8) is 0 Å². The number of hydrogen-bond donors (Lipinski definition) is 2. The average Bonchev–Trinajstić information content (AvgIpc) is 3.36. The van der Waals surface area contributed by atoms with Crippen LogP contribution in [0.5, 0.6) is 17.2 Å². The Kier molecular flexibility index (Phi) is 16.1. The minimum Gasteiger partial charge on any atom is -0.459 e. The van der Waals surface area contributed by atoms with Gasteiger partial charge in [-0.25, -0.2) is 4.79 Å². The second-order valence-electron chi connectivity index (χ2n) is 17.4. The molecule has 6 atom stereocenters. The van der Waals surface area contributed by atoms with Gasteiger partial charge in [-0.3, -0.25) is 9.69 Å². The second-order valence-corrected chi connectivity index (χ2v) is 17.8. The minimum atomic E-state index is -1.52. The normalized spacial score (nSPS) is 22.2. The lowest BCUT2D eigenvalue weighted by molar-refractivity contribution is -0.256. The van der Waals surface area contributed by atoms with E-state index < -0.39 is 23.8 Å². The maximum atomic E-state index is 14.9. The summed E-state index contributed by atoms with van der Waals surface area (Å²) in [5.74, 6) is -0.614. The van der Waals surface area contributed by atoms with Crippen molar-refractivity contribution in [1.82, 2.24) is 4.90 Å². The Labute approximate surface area is 397 Å². The summed E-state index contributed by atoms with van der Waals surface area (Å²) in [5.41, 5.74) is 4.81. The molecule has 1 amide bonds. The molecule has 350 valence electrons. The van der Waals surface area contributed by atoms with Crippen molar-refractivity contribution >= 4 is 40.5 Å². The first kappa shape index (κ1) is 47.5. The number of fused-ring (bicyclic) bond motifs is 3. The molecule has 11 nitrogen and oxygen atoms in total. The fourth-order valence-electron chi connectivity index (χ4n) is 10.4. The van der Waals surface area contributed by atoms with E-state index in [0.717, 1.165) is 65.0 Å². The van der Waals surface area contributed by atoms with Crippen LogP contribution in [0.3, 0.4) is 0 Å². The predicted molar refractivity (Wildman–Crippen MR) is 260 cm³/mol. The van der Waals surface area contributed by atoms with E-state index in [2.05, 4.69) is 30.9 Å². The van der Waals surface area contributed by atoms with Crippen molar-refractivity contribution in [2.75, 3.05) is 32.3 Å². The fourth-order valence-corrected chi connectivity index (χ4v) is 10.5. The summed E-state index contributed by atoms with van der Waals surface area (Å²) < 4.78 is 27.1. The molecule has 5 aromatic carbocycles. The third-order valence-corrected chi connectivity index (χ3v) is 13.4. The van der Waals surface area contributed by atoms with Crippen molar-refractivity contribution in [3.8, 4) is 17.2 Å². The Morgan fingerprint density at radius 2 is 1.66 bits per heavy atom. The SMILES string of the molecule is C=CCOC12Oc3ccc(Oc4cccc(C=O)c4)cc3C3C(CCCCO)C(CCCCO)C=C(C(=NOCc4ccccc4)CC1N(Cc1cccc4ccccc14)C(=O)OCCCl)C32. The molecule has 0 spiro atoms. The van der Waals surface area contributed by atoms with Gasteiger partial charge in [0, 0.05) is 36.7 Å². The van der Waals surface area contributed by atoms with Gasteiger partial charge in [-0.1, -0.05) is 115 Å². The van der Waals surface area contributed by atoms with Crippen LogP contribution in [-0.4, -0.2) is 77.3 Å². The molecular formula is C55H59ClN2O9. The number of rotatable bonds is 22. The first-order chi connectivity index (χ1) is 32.9. The highest BCUT2D eigenvalue weighted by Gasteiger charge is 2.65. The summed E-state index contributed by atoms with van der Waals surface area (Å²) in [5, 5.41) is 27.1. The molecule has 0 radical (unpaired) electrons. The van der Waals surface area contributed by atoms with Crippen LogP contribution in [0, 0.1) is 17.8 Å². The summed E-state index contributed by atoms with van der Waals surface area (Å²) in [6.07, 6.45) is 8.79. The number of nitrogens with zero attached hydrogens (tertiary/aromatic N) is 2. The lowest BCUT2D eigenvalue weighted by Gasteiger charge is -2.59. The molecule has 0 saturated heterocycles. The minimum absolute atomic E-state index is 0.0112. The number of oxime groups is 1. The highest BCUT2D eigenvalue weighted by molar-refractivity contribution is 6.18. The zero-order chi connectivity index (χ0) is 46.6. The van der Waals surface area contributed by atoms with Gasteiger partial charge in [0.2, 0.25) is 5.79 Å². The number of allylic oxidation sites excluding steroid dienone is 1. The average molecular weight is 928 g/mol. The Balaban J connectivity index is 1.35. The molecular weight excluding hydrogens is 868 g/mol. The van der Waals surface area contributed by atoms with Gasteiger partial charge >= 0.3 is 6.09 Å². The van der Waals surface area contributed by atoms with Crippen LogP contribution >= 0.6 is 11.6 Å². The smallest absolute Gasteiger partial charge is 0.410 e. The van der Waals surface area contributed by atoms with E-state index in [1.807, 2.05) is 78.9 Å². The van der Waals surface area contributed by atoms with Crippen LogP contribution in [0.1, 0.15) is 77.9 Å². The van der Waals surface area contributed by atoms with Crippen LogP contribution in [0.25, 0.3) is 10.8 Å². The first-order valence-electron chi connectivity index (χ1n) is 23.3. The van der Waals surface area contributed by atoms with Crippen molar-refractivity contribution in [2.24, 2.45) is 22.9 Å². The summed E-state index contributed by atoms with van der Waals surface area (Å²) in [7, 11) is 0. The van der Waals surface area contributed by atoms with Gasteiger partial charge in [0.05, 0.1) is 30.7 Å². The molecule has 2 aliphatic carbocycles. The van der Waals surface area contributed by atoms with Crippen LogP contribution < -0.4 is 9.47 Å². The van der Waals surface area contributed by atoms with Gasteiger partial charge in [-0.05, 0) is 95.3 Å². The monoisotopic (exact) mass is 926 g/mol. The van der Waals surface area contributed by atoms with Crippen LogP contribution in [0.15, 0.2) is 145 Å². The lowest BCUT2D eigenvalue weighted by Crippen LogP contribution is -2.70. The number of aliphatic hydroxyl groups excluding tert-OH is 2. The van der Waals surface area contributed by atoms with E-state index in [9.17, 15) is 19.8 Å². The number of alkyl halides is 1. The molecule has 1 fully saturated rings. The third-order valence-electron chi connectivity index (χ3n) is 13.3. The van der Waals surface area contributed by atoms with Gasteiger partial charge in [-0.2, -0.15) is 0 Å². The number of aliphatic hydroxyl groups is 2. The maximum Gasteiger partial charge on any atom is 0.410 e. The predicted octanol–water partition coefficient (Wildman–Crippen LogP) is 11.2. The zero-order valence-electron chi connectivity index (χ0n) is 37.7. The largest absolute Gasteiger partial charge is 0.459 e. The number of ether oxygens (including phenoxy) is 4. The maximum absolute atomic E-state index is 14.9. The molecule has 2 N–H and O–H groups in total. The fraction of sp³-hybridized carbons (Fsp3) is 0.364. The van der Waals surface area contributed by atoms with E-state index in [4.69, 9.17) is 40.5 Å². The molecule has 12 heteroatoms. The van der Waals surface area contributed by atoms with E-state index in [-0.39, 0.29) is 69.6 Å². The number of benzene rings is 5. The molecule has 6 unspecified atom stereocenters. The van der Waals surface area contributed by atoms with Crippen LogP contribution in [0.2, 0.25) is 0 Å².